The zero-order valence-corrected chi connectivity index (χ0v) is 11.7. The quantitative estimate of drug-likeness (QED) is 0.915. The van der Waals surface area contributed by atoms with Gasteiger partial charge in [-0.25, -0.2) is 9.78 Å². The molecule has 1 aromatic rings. The van der Waals surface area contributed by atoms with Crippen molar-refractivity contribution < 1.29 is 9.53 Å². The maximum absolute atomic E-state index is 11.5. The fourth-order valence-corrected chi connectivity index (χ4v) is 3.15. The van der Waals surface area contributed by atoms with Crippen molar-refractivity contribution in [1.29, 1.82) is 0 Å². The maximum Gasteiger partial charge on any atom is 0.407 e. The molecular formula is C13H20N2O2S. The molecule has 2 rings (SSSR count). The number of nitrogens with one attached hydrogen (secondary N) is 1. The van der Waals surface area contributed by atoms with E-state index in [4.69, 9.17) is 4.74 Å². The largest absolute Gasteiger partial charge is 0.447 e. The van der Waals surface area contributed by atoms with Crippen LogP contribution in [0.15, 0.2) is 11.6 Å². The van der Waals surface area contributed by atoms with Crippen LogP contribution >= 0.6 is 11.3 Å². The second kappa shape index (κ2) is 6.18. The highest BCUT2D eigenvalue weighted by Gasteiger charge is 2.25. The van der Waals surface area contributed by atoms with Crippen LogP contribution in [0.4, 0.5) is 4.79 Å². The van der Waals surface area contributed by atoms with Crippen LogP contribution in [0.3, 0.4) is 0 Å². The third kappa shape index (κ3) is 3.70. The Morgan fingerprint density at radius 2 is 2.17 bits per heavy atom. The van der Waals surface area contributed by atoms with Gasteiger partial charge in [0.05, 0.1) is 11.1 Å². The Bertz CT molecular complexity index is 370. The first-order chi connectivity index (χ1) is 8.65. The van der Waals surface area contributed by atoms with E-state index in [0.29, 0.717) is 5.92 Å². The Hall–Kier alpha value is -1.10. The molecule has 1 heterocycles. The van der Waals surface area contributed by atoms with Gasteiger partial charge in [-0.05, 0) is 39.5 Å². The van der Waals surface area contributed by atoms with Crippen molar-refractivity contribution in [2.75, 3.05) is 0 Å². The molecule has 1 N–H and O–H groups in total. The van der Waals surface area contributed by atoms with Gasteiger partial charge in [0.1, 0.15) is 0 Å². The minimum atomic E-state index is -0.289. The average Bonchev–Trinajstić information content (AvgIpc) is 2.82. The monoisotopic (exact) mass is 268 g/mol. The van der Waals surface area contributed by atoms with Crippen molar-refractivity contribution in [2.24, 2.45) is 0 Å². The molecule has 0 spiro atoms. The van der Waals surface area contributed by atoms with E-state index >= 15 is 0 Å². The van der Waals surface area contributed by atoms with E-state index in [1.165, 1.54) is 5.01 Å². The Kier molecular flexibility index (Phi) is 4.58. The first-order valence-electron chi connectivity index (χ1n) is 6.51. The zero-order valence-electron chi connectivity index (χ0n) is 10.9. The molecule has 1 aliphatic carbocycles. The summed E-state index contributed by atoms with van der Waals surface area (Å²) in [6.45, 7) is 3.72. The smallest absolute Gasteiger partial charge is 0.407 e. The van der Waals surface area contributed by atoms with Gasteiger partial charge in [0.2, 0.25) is 0 Å². The summed E-state index contributed by atoms with van der Waals surface area (Å²) >= 11 is 1.73. The standard InChI is InChI=1S/C13H20N2O2S/c1-9(2)17-13(16)15-11-5-3-10(4-6-11)12-14-7-8-18-12/h7-11H,3-6H2,1-2H3,(H,15,16). The van der Waals surface area contributed by atoms with Gasteiger partial charge in [0.25, 0.3) is 0 Å². The van der Waals surface area contributed by atoms with Gasteiger partial charge >= 0.3 is 6.09 Å². The topological polar surface area (TPSA) is 51.2 Å². The number of ether oxygens (including phenoxy) is 1. The SMILES string of the molecule is CC(C)OC(=O)NC1CCC(c2nccs2)CC1. The lowest BCUT2D eigenvalue weighted by Gasteiger charge is -2.27. The number of alkyl carbamates (subject to hydrolysis) is 1. The van der Waals surface area contributed by atoms with Crippen LogP contribution in [0.1, 0.15) is 50.5 Å². The van der Waals surface area contributed by atoms with Gasteiger partial charge in [-0.15, -0.1) is 11.3 Å². The summed E-state index contributed by atoms with van der Waals surface area (Å²) in [5.74, 6) is 0.573. The number of hydrogen-bond donors (Lipinski definition) is 1. The van der Waals surface area contributed by atoms with E-state index in [9.17, 15) is 4.79 Å². The van der Waals surface area contributed by atoms with Gasteiger partial charge in [0, 0.05) is 23.5 Å². The highest BCUT2D eigenvalue weighted by molar-refractivity contribution is 7.09. The molecule has 0 aromatic carbocycles. The lowest BCUT2D eigenvalue weighted by molar-refractivity contribution is 0.109. The number of carbonyl (C=O) groups excluding carboxylic acids is 1. The molecule has 1 aromatic heterocycles. The fraction of sp³-hybridized carbons (Fsp3) is 0.692. The van der Waals surface area contributed by atoms with Gasteiger partial charge in [-0.2, -0.15) is 0 Å². The van der Waals surface area contributed by atoms with Crippen molar-refractivity contribution in [2.45, 2.75) is 57.6 Å². The molecule has 0 radical (unpaired) electrons. The molecule has 18 heavy (non-hydrogen) atoms. The zero-order chi connectivity index (χ0) is 13.0. The highest BCUT2D eigenvalue weighted by atomic mass is 32.1. The Balaban J connectivity index is 1.75. The number of amides is 1. The molecule has 4 nitrogen and oxygen atoms in total. The number of hydrogen-bond acceptors (Lipinski definition) is 4. The lowest BCUT2D eigenvalue weighted by Crippen LogP contribution is -2.38. The van der Waals surface area contributed by atoms with Crippen molar-refractivity contribution in [3.63, 3.8) is 0 Å². The molecule has 1 aliphatic rings. The van der Waals surface area contributed by atoms with Crippen LogP contribution < -0.4 is 5.32 Å². The van der Waals surface area contributed by atoms with E-state index in [1.807, 2.05) is 25.4 Å². The number of carbonyl (C=O) groups is 1. The highest BCUT2D eigenvalue weighted by Crippen LogP contribution is 2.33. The average molecular weight is 268 g/mol. The number of thiazole rings is 1. The van der Waals surface area contributed by atoms with E-state index < -0.39 is 0 Å². The van der Waals surface area contributed by atoms with Gasteiger partial charge in [0.15, 0.2) is 0 Å². The molecule has 0 saturated heterocycles. The molecule has 1 fully saturated rings. The summed E-state index contributed by atoms with van der Waals surface area (Å²) in [6.07, 6.45) is 5.74. The van der Waals surface area contributed by atoms with Crippen molar-refractivity contribution in [3.8, 4) is 0 Å². The summed E-state index contributed by atoms with van der Waals surface area (Å²) in [7, 11) is 0. The summed E-state index contributed by atoms with van der Waals surface area (Å²) < 4.78 is 5.09. The third-order valence-corrected chi connectivity index (χ3v) is 4.13. The molecule has 0 aliphatic heterocycles. The summed E-state index contributed by atoms with van der Waals surface area (Å²) in [5, 5.41) is 6.20. The van der Waals surface area contributed by atoms with Crippen LogP contribution in [0, 0.1) is 0 Å². The number of rotatable bonds is 3. The first-order valence-corrected chi connectivity index (χ1v) is 7.39. The lowest BCUT2D eigenvalue weighted by atomic mass is 9.86. The van der Waals surface area contributed by atoms with E-state index in [0.717, 1.165) is 25.7 Å². The second-order valence-corrected chi connectivity index (χ2v) is 5.94. The van der Waals surface area contributed by atoms with E-state index in [2.05, 4.69) is 10.3 Å². The second-order valence-electron chi connectivity index (χ2n) is 5.02. The van der Waals surface area contributed by atoms with Crippen molar-refractivity contribution in [3.05, 3.63) is 16.6 Å². The Morgan fingerprint density at radius 1 is 1.44 bits per heavy atom. The van der Waals surface area contributed by atoms with E-state index in [-0.39, 0.29) is 18.2 Å². The fourth-order valence-electron chi connectivity index (χ4n) is 2.34. The number of nitrogens with zero attached hydrogens (tertiary/aromatic N) is 1. The van der Waals surface area contributed by atoms with Crippen LogP contribution in [-0.2, 0) is 4.74 Å². The predicted molar refractivity (Wildman–Crippen MR) is 71.9 cm³/mol. The van der Waals surface area contributed by atoms with Gasteiger partial charge < -0.3 is 10.1 Å². The molecule has 0 bridgehead atoms. The summed E-state index contributed by atoms with van der Waals surface area (Å²) in [5.41, 5.74) is 0. The minimum Gasteiger partial charge on any atom is -0.447 e. The van der Waals surface area contributed by atoms with Crippen molar-refractivity contribution >= 4 is 17.4 Å². The third-order valence-electron chi connectivity index (χ3n) is 3.19. The minimum absolute atomic E-state index is 0.0587. The van der Waals surface area contributed by atoms with Crippen molar-refractivity contribution in [1.82, 2.24) is 10.3 Å². The number of aromatic nitrogens is 1. The molecule has 100 valence electrons. The summed E-state index contributed by atoms with van der Waals surface area (Å²) in [4.78, 5) is 15.9. The maximum atomic E-state index is 11.5. The normalized spacial score (nSPS) is 23.9. The predicted octanol–water partition coefficient (Wildman–Crippen LogP) is 3.30. The first kappa shape index (κ1) is 13.3. The van der Waals surface area contributed by atoms with Crippen LogP contribution in [0.25, 0.3) is 0 Å². The van der Waals surface area contributed by atoms with Crippen LogP contribution in [0.2, 0.25) is 0 Å². The molecule has 5 heteroatoms. The molecular weight excluding hydrogens is 248 g/mol. The van der Waals surface area contributed by atoms with Crippen LogP contribution in [-0.4, -0.2) is 23.2 Å². The molecule has 1 saturated carbocycles. The van der Waals surface area contributed by atoms with Gasteiger partial charge in [-0.3, -0.25) is 0 Å². The van der Waals surface area contributed by atoms with Gasteiger partial charge in [-0.1, -0.05) is 0 Å². The summed E-state index contributed by atoms with van der Waals surface area (Å²) in [6, 6.07) is 0.257. The Labute approximate surface area is 112 Å². The Morgan fingerprint density at radius 3 is 2.72 bits per heavy atom. The molecule has 0 atom stereocenters. The molecule has 1 amide bonds. The molecule has 0 unspecified atom stereocenters. The van der Waals surface area contributed by atoms with E-state index in [1.54, 1.807) is 11.3 Å². The van der Waals surface area contributed by atoms with Crippen LogP contribution in [0.5, 0.6) is 0 Å².